The Bertz CT molecular complexity index is 575. The van der Waals surface area contributed by atoms with Crippen molar-refractivity contribution in [2.24, 2.45) is 0 Å². The minimum atomic E-state index is -2.95. The summed E-state index contributed by atoms with van der Waals surface area (Å²) in [5.74, 6) is 0. The first kappa shape index (κ1) is 27.1. The van der Waals surface area contributed by atoms with Gasteiger partial charge in [0.25, 0.3) is 0 Å². The zero-order chi connectivity index (χ0) is 22.7. The molecule has 5 nitrogen and oxygen atoms in total. The molecule has 5 atom stereocenters. The van der Waals surface area contributed by atoms with Gasteiger partial charge in [0.1, 0.15) is 0 Å². The third-order valence-electron chi connectivity index (χ3n) is 6.75. The van der Waals surface area contributed by atoms with E-state index in [0.717, 1.165) is 24.8 Å². The van der Waals surface area contributed by atoms with Crippen molar-refractivity contribution in [2.45, 2.75) is 108 Å². The van der Waals surface area contributed by atoms with Crippen LogP contribution in [0.3, 0.4) is 0 Å². The van der Waals surface area contributed by atoms with Crippen LogP contribution in [-0.2, 0) is 20.8 Å². The Labute approximate surface area is 193 Å². The topological polar surface area (TPSA) is 68.2 Å². The van der Waals surface area contributed by atoms with E-state index in [1.54, 1.807) is 7.11 Å². The van der Waals surface area contributed by atoms with Crippen LogP contribution in [0.5, 0.6) is 0 Å². The summed E-state index contributed by atoms with van der Waals surface area (Å²) >= 11 is -2.95. The molecule has 0 unspecified atom stereocenters. The number of methoxy groups -OCH3 is 1. The molecular weight excluding hydrogens is 499 g/mol. The molecule has 0 aliphatic carbocycles. The molecule has 0 aromatic heterocycles. The fourth-order valence-corrected chi connectivity index (χ4v) is 22.3. The van der Waals surface area contributed by atoms with E-state index in [4.69, 9.17) is 14.2 Å². The van der Waals surface area contributed by atoms with Crippen LogP contribution in [0.25, 0.3) is 0 Å². The summed E-state index contributed by atoms with van der Waals surface area (Å²) in [4.78, 5) is 0. The second kappa shape index (κ2) is 14.2. The number of hydrogen-bond acceptors (Lipinski definition) is 5. The summed E-state index contributed by atoms with van der Waals surface area (Å²) in [7, 11) is 1.60. The molecule has 178 valence electrons. The number of benzene rings is 1. The molecule has 1 aromatic rings. The number of unbranched alkanes of at least 4 members (excludes halogenated alkanes) is 3. The van der Waals surface area contributed by atoms with Gasteiger partial charge in [0, 0.05) is 0 Å². The molecule has 0 saturated carbocycles. The number of rotatable bonds is 14. The normalized spacial score (nSPS) is 26.8. The van der Waals surface area contributed by atoms with E-state index >= 15 is 0 Å². The Kier molecular flexibility index (Phi) is 12.4. The van der Waals surface area contributed by atoms with Crippen LogP contribution in [0.2, 0.25) is 13.3 Å². The summed E-state index contributed by atoms with van der Waals surface area (Å²) in [5.41, 5.74) is 1.02. The van der Waals surface area contributed by atoms with E-state index in [-0.39, 0.29) is 4.12 Å². The average molecular weight is 543 g/mol. The van der Waals surface area contributed by atoms with Crippen molar-refractivity contribution in [3.05, 3.63) is 35.9 Å². The van der Waals surface area contributed by atoms with Crippen molar-refractivity contribution in [2.75, 3.05) is 7.11 Å². The predicted molar refractivity (Wildman–Crippen MR) is 128 cm³/mol. The fraction of sp³-hybridized carbons (Fsp3) is 0.760. The van der Waals surface area contributed by atoms with Crippen molar-refractivity contribution < 1.29 is 24.4 Å². The van der Waals surface area contributed by atoms with E-state index in [1.807, 2.05) is 30.3 Å². The molecule has 6 heteroatoms. The van der Waals surface area contributed by atoms with Gasteiger partial charge in [-0.25, -0.2) is 0 Å². The summed E-state index contributed by atoms with van der Waals surface area (Å²) in [6.45, 7) is 7.04. The van der Waals surface area contributed by atoms with Crippen LogP contribution in [0.1, 0.15) is 64.9 Å². The zero-order valence-electron chi connectivity index (χ0n) is 20.0. The maximum absolute atomic E-state index is 11.3. The Hall–Kier alpha value is -0.181. The molecule has 1 aliphatic heterocycles. The van der Waals surface area contributed by atoms with Gasteiger partial charge in [0.05, 0.1) is 0 Å². The van der Waals surface area contributed by atoms with Crippen LogP contribution < -0.4 is 0 Å². The first-order valence-corrected chi connectivity index (χ1v) is 19.9. The fourth-order valence-electron chi connectivity index (χ4n) is 4.87. The van der Waals surface area contributed by atoms with Gasteiger partial charge in [-0.3, -0.25) is 0 Å². The summed E-state index contributed by atoms with van der Waals surface area (Å²) < 4.78 is 21.5. The molecule has 1 fully saturated rings. The molecule has 0 amide bonds. The van der Waals surface area contributed by atoms with Crippen molar-refractivity contribution in [3.63, 3.8) is 0 Å². The molecule has 31 heavy (non-hydrogen) atoms. The first-order chi connectivity index (χ1) is 15.0. The Morgan fingerprint density at radius 1 is 0.871 bits per heavy atom. The number of ether oxygens (including phenoxy) is 3. The van der Waals surface area contributed by atoms with Gasteiger partial charge in [0.2, 0.25) is 0 Å². The summed E-state index contributed by atoms with van der Waals surface area (Å²) in [5, 5.41) is 22.4. The number of aliphatic hydroxyl groups is 2. The SMILES string of the molecule is CCC[CH2][Sn]([CH2]CCC)([CH2]CCC)[C@H]1O[C@@H](OC)[C@H](OCc2ccccc2)[C@@H](O)[C@@H]1O. The zero-order valence-corrected chi connectivity index (χ0v) is 22.8. The molecule has 0 bridgehead atoms. The summed E-state index contributed by atoms with van der Waals surface area (Å²) in [6.07, 6.45) is 3.71. The summed E-state index contributed by atoms with van der Waals surface area (Å²) in [6, 6.07) is 9.86. The van der Waals surface area contributed by atoms with Gasteiger partial charge in [-0.15, -0.1) is 0 Å². The van der Waals surface area contributed by atoms with Crippen molar-refractivity contribution in [1.82, 2.24) is 0 Å². The second-order valence-corrected chi connectivity index (χ2v) is 22.8. The number of hydrogen-bond donors (Lipinski definition) is 2. The van der Waals surface area contributed by atoms with Gasteiger partial charge in [-0.2, -0.15) is 0 Å². The quantitative estimate of drug-likeness (QED) is 0.322. The van der Waals surface area contributed by atoms with Crippen LogP contribution in [0.4, 0.5) is 0 Å². The van der Waals surface area contributed by atoms with Gasteiger partial charge in [-0.1, -0.05) is 0 Å². The Balaban J connectivity index is 2.23. The van der Waals surface area contributed by atoms with Gasteiger partial charge >= 0.3 is 194 Å². The van der Waals surface area contributed by atoms with Gasteiger partial charge in [0.15, 0.2) is 0 Å². The first-order valence-electron chi connectivity index (χ1n) is 12.2. The molecule has 1 heterocycles. The molecule has 2 N–H and O–H groups in total. The third-order valence-corrected chi connectivity index (χ3v) is 23.1. The minimum absolute atomic E-state index is 0.254. The van der Waals surface area contributed by atoms with Crippen LogP contribution >= 0.6 is 0 Å². The molecule has 0 spiro atoms. The van der Waals surface area contributed by atoms with Crippen LogP contribution in [-0.4, -0.2) is 64.4 Å². The van der Waals surface area contributed by atoms with E-state index < -0.39 is 43.0 Å². The standard InChI is InChI=1S/C13H17O5.3C4H9.Sn/c1-16-13-12(11(15)10(14)8-18-13)17-7-9-5-3-2-4-6-9;3*1-3-4-2;/h2-6,8,10-15H,7H2,1H3;3*1,3-4H2,2H3;/t10-,11+,12-,13-;;;;/m1..../s1. The van der Waals surface area contributed by atoms with Gasteiger partial charge < -0.3 is 0 Å². The van der Waals surface area contributed by atoms with E-state index in [1.165, 1.54) is 32.6 Å². The van der Waals surface area contributed by atoms with Crippen LogP contribution in [0.15, 0.2) is 30.3 Å². The van der Waals surface area contributed by atoms with Gasteiger partial charge in [-0.05, 0) is 0 Å². The molecule has 0 radical (unpaired) electrons. The van der Waals surface area contributed by atoms with Crippen LogP contribution in [0, 0.1) is 0 Å². The van der Waals surface area contributed by atoms with Crippen molar-refractivity contribution in [3.8, 4) is 0 Å². The average Bonchev–Trinajstić information content (AvgIpc) is 2.80. The number of aliphatic hydroxyl groups excluding tert-OH is 2. The molecule has 2 rings (SSSR count). The predicted octanol–water partition coefficient (Wildman–Crippen LogP) is 5.05. The molecule has 1 aliphatic rings. The maximum atomic E-state index is 11.3. The van der Waals surface area contributed by atoms with Crippen molar-refractivity contribution >= 4 is 18.4 Å². The van der Waals surface area contributed by atoms with E-state index in [2.05, 4.69) is 20.8 Å². The molecule has 1 saturated heterocycles. The van der Waals surface area contributed by atoms with E-state index in [0.29, 0.717) is 6.61 Å². The third kappa shape index (κ3) is 7.41. The monoisotopic (exact) mass is 544 g/mol. The Morgan fingerprint density at radius 3 is 1.90 bits per heavy atom. The van der Waals surface area contributed by atoms with E-state index in [9.17, 15) is 10.2 Å². The van der Waals surface area contributed by atoms with Crippen molar-refractivity contribution in [1.29, 1.82) is 0 Å². The Morgan fingerprint density at radius 2 is 1.42 bits per heavy atom. The molecular formula is C25H44O5Sn. The molecule has 1 aromatic carbocycles. The second-order valence-electron chi connectivity index (χ2n) is 9.08.